The highest BCUT2D eigenvalue weighted by atomic mass is 35.5. The molecule has 1 unspecified atom stereocenters. The predicted octanol–water partition coefficient (Wildman–Crippen LogP) is 2.59. The highest BCUT2D eigenvalue weighted by molar-refractivity contribution is 6.32. The van der Waals surface area contributed by atoms with Gasteiger partial charge in [0.2, 0.25) is 0 Å². The molecule has 0 spiro atoms. The van der Waals surface area contributed by atoms with Crippen LogP contribution in [0.2, 0.25) is 5.02 Å². The van der Waals surface area contributed by atoms with Crippen LogP contribution in [0.25, 0.3) is 0 Å². The van der Waals surface area contributed by atoms with E-state index >= 15 is 0 Å². The van der Waals surface area contributed by atoms with Gasteiger partial charge in [0.05, 0.1) is 28.9 Å². The Balaban J connectivity index is 1.31. The maximum Gasteiger partial charge on any atom is 0.273 e. The third-order valence-electron chi connectivity index (χ3n) is 5.48. The average Bonchev–Trinajstić information content (AvgIpc) is 3.38. The van der Waals surface area contributed by atoms with Crippen molar-refractivity contribution in [3.05, 3.63) is 40.7 Å². The van der Waals surface area contributed by atoms with Crippen LogP contribution in [0.15, 0.2) is 24.4 Å². The first-order chi connectivity index (χ1) is 14.2. The maximum atomic E-state index is 12.4. The van der Waals surface area contributed by atoms with E-state index in [1.807, 2.05) is 12.1 Å². The molecule has 1 aliphatic carbocycles. The molecule has 1 saturated carbocycles. The lowest BCUT2D eigenvalue weighted by Gasteiger charge is -2.43. The fraction of sp³-hybridized carbons (Fsp3) is 0.571. The van der Waals surface area contributed by atoms with Gasteiger partial charge in [-0.25, -0.2) is 4.68 Å². The molecule has 2 aliphatic rings. The summed E-state index contributed by atoms with van der Waals surface area (Å²) in [4.78, 5) is 14.6. The summed E-state index contributed by atoms with van der Waals surface area (Å²) < 4.78 is 7.47. The molecule has 2 fully saturated rings. The van der Waals surface area contributed by atoms with Crippen molar-refractivity contribution < 1.29 is 14.6 Å². The van der Waals surface area contributed by atoms with Gasteiger partial charge in [0.1, 0.15) is 12.4 Å². The predicted molar refractivity (Wildman–Crippen MR) is 113 cm³/mol. The number of likely N-dealkylation sites (tertiary alicyclic amines) is 1. The Hall–Kier alpha value is -2.16. The molecule has 1 amide bonds. The van der Waals surface area contributed by atoms with Crippen LogP contribution in [0.3, 0.4) is 0 Å². The summed E-state index contributed by atoms with van der Waals surface area (Å²) in [6.45, 7) is 7.08. The zero-order valence-corrected chi connectivity index (χ0v) is 18.3. The van der Waals surface area contributed by atoms with Crippen molar-refractivity contribution in [1.82, 2.24) is 25.2 Å². The molecule has 2 N–H and O–H groups in total. The average molecular weight is 434 g/mol. The van der Waals surface area contributed by atoms with E-state index in [0.29, 0.717) is 22.5 Å². The van der Waals surface area contributed by atoms with E-state index in [0.717, 1.165) is 31.5 Å². The smallest absolute Gasteiger partial charge is 0.273 e. The Labute approximate surface area is 181 Å². The van der Waals surface area contributed by atoms with Crippen LogP contribution in [0.5, 0.6) is 5.75 Å². The summed E-state index contributed by atoms with van der Waals surface area (Å²) in [6, 6.07) is 6.24. The van der Waals surface area contributed by atoms with Crippen molar-refractivity contribution in [3.8, 4) is 5.75 Å². The van der Waals surface area contributed by atoms with Gasteiger partial charge in [0.15, 0.2) is 5.69 Å². The second kappa shape index (κ2) is 8.17. The second-order valence-corrected chi connectivity index (χ2v) is 9.25. The van der Waals surface area contributed by atoms with Crippen LogP contribution in [-0.4, -0.2) is 62.2 Å². The van der Waals surface area contributed by atoms with Crippen LogP contribution in [0.4, 0.5) is 0 Å². The van der Waals surface area contributed by atoms with Crippen LogP contribution < -0.4 is 10.1 Å². The summed E-state index contributed by atoms with van der Waals surface area (Å²) in [5.41, 5.74) is 0.396. The van der Waals surface area contributed by atoms with Gasteiger partial charge < -0.3 is 15.2 Å². The van der Waals surface area contributed by atoms with Crippen molar-refractivity contribution in [2.24, 2.45) is 0 Å². The van der Waals surface area contributed by atoms with Crippen LogP contribution in [-0.2, 0) is 0 Å². The first kappa shape index (κ1) is 21.1. The summed E-state index contributed by atoms with van der Waals surface area (Å²) in [6.07, 6.45) is 3.93. The zero-order chi connectivity index (χ0) is 21.5. The molecule has 0 radical (unpaired) electrons. The molecular formula is C21H28ClN5O3. The molecular weight excluding hydrogens is 406 g/mol. The maximum absolute atomic E-state index is 12.4. The monoisotopic (exact) mass is 433 g/mol. The normalized spacial score (nSPS) is 18.7. The van der Waals surface area contributed by atoms with Gasteiger partial charge in [-0.05, 0) is 45.2 Å². The zero-order valence-electron chi connectivity index (χ0n) is 17.5. The van der Waals surface area contributed by atoms with Gasteiger partial charge in [-0.3, -0.25) is 9.69 Å². The minimum absolute atomic E-state index is 0.0689. The molecule has 162 valence electrons. The van der Waals surface area contributed by atoms with Gasteiger partial charge in [-0.15, -0.1) is 5.10 Å². The number of rotatable bonds is 8. The summed E-state index contributed by atoms with van der Waals surface area (Å²) >= 11 is 6.57. The molecule has 2 aromatic rings. The number of aromatic nitrogens is 3. The molecule has 0 bridgehead atoms. The SMILES string of the molecule is CC(c1cccc(OCC(C)(C)O)c1Cl)N1CC(NC(=O)c2cn(C3CC3)nn2)C1. The molecule has 1 aromatic heterocycles. The number of hydrogen-bond acceptors (Lipinski definition) is 6. The van der Waals surface area contributed by atoms with E-state index in [2.05, 4.69) is 27.5 Å². The Bertz CT molecular complexity index is 916. The first-order valence-electron chi connectivity index (χ1n) is 10.3. The molecule has 9 heteroatoms. The van der Waals surface area contributed by atoms with Crippen molar-refractivity contribution >= 4 is 17.5 Å². The fourth-order valence-corrected chi connectivity index (χ4v) is 3.83. The standard InChI is InChI=1S/C21H28ClN5O3/c1-13(16-5-4-6-18(19(16)22)30-12-21(2,3)29)26-9-14(10-26)23-20(28)17-11-27(25-24-17)15-7-8-15/h4-6,11,13-15,29H,7-10,12H2,1-3H3,(H,23,28). The van der Waals surface area contributed by atoms with E-state index < -0.39 is 5.60 Å². The minimum Gasteiger partial charge on any atom is -0.489 e. The summed E-state index contributed by atoms with van der Waals surface area (Å²) in [7, 11) is 0. The third kappa shape index (κ3) is 4.77. The van der Waals surface area contributed by atoms with E-state index in [-0.39, 0.29) is 24.6 Å². The summed E-state index contributed by atoms with van der Waals surface area (Å²) in [5.74, 6) is 0.381. The number of carbonyl (C=O) groups is 1. The Morgan fingerprint density at radius 3 is 2.80 bits per heavy atom. The topological polar surface area (TPSA) is 92.5 Å². The minimum atomic E-state index is -0.933. The second-order valence-electron chi connectivity index (χ2n) is 8.88. The molecule has 30 heavy (non-hydrogen) atoms. The largest absolute Gasteiger partial charge is 0.489 e. The molecule has 1 saturated heterocycles. The lowest BCUT2D eigenvalue weighted by molar-refractivity contribution is 0.0283. The summed E-state index contributed by atoms with van der Waals surface area (Å²) in [5, 5.41) is 21.5. The molecule has 2 heterocycles. The van der Waals surface area contributed by atoms with Crippen LogP contribution >= 0.6 is 11.6 Å². The number of halogens is 1. The van der Waals surface area contributed by atoms with Crippen molar-refractivity contribution in [1.29, 1.82) is 0 Å². The molecule has 1 aliphatic heterocycles. The quantitative estimate of drug-likeness (QED) is 0.664. The van der Waals surface area contributed by atoms with Gasteiger partial charge in [-0.2, -0.15) is 0 Å². The molecule has 4 rings (SSSR count). The number of benzene rings is 1. The Kier molecular flexibility index (Phi) is 5.74. The van der Waals surface area contributed by atoms with E-state index in [1.165, 1.54) is 0 Å². The first-order valence-corrected chi connectivity index (χ1v) is 10.7. The molecule has 8 nitrogen and oxygen atoms in total. The van der Waals surface area contributed by atoms with E-state index in [4.69, 9.17) is 16.3 Å². The van der Waals surface area contributed by atoms with Crippen molar-refractivity contribution in [2.75, 3.05) is 19.7 Å². The van der Waals surface area contributed by atoms with E-state index in [9.17, 15) is 9.90 Å². The lowest BCUT2D eigenvalue weighted by Crippen LogP contribution is -2.59. The molecule has 1 aromatic carbocycles. The van der Waals surface area contributed by atoms with Crippen LogP contribution in [0.1, 0.15) is 61.7 Å². The van der Waals surface area contributed by atoms with Gasteiger partial charge in [-0.1, -0.05) is 28.9 Å². The van der Waals surface area contributed by atoms with Crippen LogP contribution in [0, 0.1) is 0 Å². The molecule has 1 atom stereocenters. The number of aliphatic hydroxyl groups is 1. The number of hydrogen-bond donors (Lipinski definition) is 2. The highest BCUT2D eigenvalue weighted by Crippen LogP contribution is 2.36. The van der Waals surface area contributed by atoms with Crippen molar-refractivity contribution in [2.45, 2.75) is 57.3 Å². The Morgan fingerprint density at radius 1 is 1.40 bits per heavy atom. The number of amides is 1. The fourth-order valence-electron chi connectivity index (χ4n) is 3.49. The highest BCUT2D eigenvalue weighted by Gasteiger charge is 2.34. The third-order valence-corrected chi connectivity index (χ3v) is 5.89. The van der Waals surface area contributed by atoms with Gasteiger partial charge in [0.25, 0.3) is 5.91 Å². The lowest BCUT2D eigenvalue weighted by atomic mass is 10.00. The van der Waals surface area contributed by atoms with Gasteiger partial charge >= 0.3 is 0 Å². The van der Waals surface area contributed by atoms with Gasteiger partial charge in [0, 0.05) is 19.1 Å². The van der Waals surface area contributed by atoms with Crippen molar-refractivity contribution in [3.63, 3.8) is 0 Å². The Morgan fingerprint density at radius 2 is 2.13 bits per heavy atom. The number of ether oxygens (including phenoxy) is 1. The van der Waals surface area contributed by atoms with E-state index in [1.54, 1.807) is 30.8 Å². The number of nitrogens with one attached hydrogen (secondary N) is 1. The number of carbonyl (C=O) groups excluding carboxylic acids is 1. The number of nitrogens with zero attached hydrogens (tertiary/aromatic N) is 4.